The van der Waals surface area contributed by atoms with Crippen molar-refractivity contribution in [3.8, 4) is 0 Å². The Morgan fingerprint density at radius 3 is 2.64 bits per heavy atom. The number of hydrogen-bond donors (Lipinski definition) is 1. The molecule has 0 spiro atoms. The maximum Gasteiger partial charge on any atom is 0.248 e. The molecule has 0 bridgehead atoms. The van der Waals surface area contributed by atoms with Crippen LogP contribution < -0.4 is 5.32 Å². The van der Waals surface area contributed by atoms with Crippen LogP contribution in [0.1, 0.15) is 19.8 Å². The summed E-state index contributed by atoms with van der Waals surface area (Å²) in [5.74, 6) is 0.155. The molecule has 1 saturated carbocycles. The molecular weight excluding hydrogens is 180 g/mol. The van der Waals surface area contributed by atoms with Crippen molar-refractivity contribution in [1.82, 2.24) is 10.2 Å². The number of carbonyl (C=O) groups is 1. The Bertz CT molecular complexity index is 212. The van der Waals surface area contributed by atoms with Gasteiger partial charge in [-0.05, 0) is 19.8 Å². The van der Waals surface area contributed by atoms with Gasteiger partial charge in [-0.2, -0.15) is 0 Å². The Balaban J connectivity index is 1.69. The molecule has 0 atom stereocenters. The Kier molecular flexibility index (Phi) is 3.03. The summed E-state index contributed by atoms with van der Waals surface area (Å²) >= 11 is 0. The number of nitrogens with zero attached hydrogens (tertiary/aromatic N) is 1. The van der Waals surface area contributed by atoms with Gasteiger partial charge in [0.05, 0.1) is 6.10 Å². The Morgan fingerprint density at radius 1 is 1.50 bits per heavy atom. The lowest BCUT2D eigenvalue weighted by Crippen LogP contribution is -2.50. The number of amides is 1. The van der Waals surface area contributed by atoms with E-state index in [-0.39, 0.29) is 18.6 Å². The molecule has 2 fully saturated rings. The lowest BCUT2D eigenvalue weighted by atomic mass is 10.2. The maximum absolute atomic E-state index is 11.7. The van der Waals surface area contributed by atoms with Crippen molar-refractivity contribution in [2.45, 2.75) is 31.9 Å². The molecular formula is C10H18N2O2. The number of nitrogens with one attached hydrogen (secondary N) is 1. The first-order valence-corrected chi connectivity index (χ1v) is 5.43. The SMILES string of the molecule is CCN(C(=O)COC1CNC1)C1CC1. The van der Waals surface area contributed by atoms with Gasteiger partial charge in [0.15, 0.2) is 0 Å². The molecule has 0 aromatic heterocycles. The lowest BCUT2D eigenvalue weighted by molar-refractivity contribution is -0.139. The monoisotopic (exact) mass is 198 g/mol. The second-order valence-electron chi connectivity index (χ2n) is 4.00. The average Bonchev–Trinajstić information content (AvgIpc) is 2.87. The molecule has 80 valence electrons. The van der Waals surface area contributed by atoms with Gasteiger partial charge in [0.1, 0.15) is 6.61 Å². The van der Waals surface area contributed by atoms with Crippen molar-refractivity contribution in [3.05, 3.63) is 0 Å². The largest absolute Gasteiger partial charge is 0.366 e. The van der Waals surface area contributed by atoms with E-state index in [1.54, 1.807) is 0 Å². The first-order chi connectivity index (χ1) is 6.81. The number of hydrogen-bond acceptors (Lipinski definition) is 3. The molecule has 14 heavy (non-hydrogen) atoms. The molecule has 0 aromatic rings. The highest BCUT2D eigenvalue weighted by atomic mass is 16.5. The molecule has 0 radical (unpaired) electrons. The lowest BCUT2D eigenvalue weighted by Gasteiger charge is -2.28. The Hall–Kier alpha value is -0.610. The van der Waals surface area contributed by atoms with Gasteiger partial charge in [0, 0.05) is 25.7 Å². The van der Waals surface area contributed by atoms with Crippen molar-refractivity contribution in [2.75, 3.05) is 26.2 Å². The first-order valence-electron chi connectivity index (χ1n) is 5.43. The minimum atomic E-state index is 0.155. The van der Waals surface area contributed by atoms with E-state index in [1.165, 1.54) is 12.8 Å². The molecule has 1 aliphatic carbocycles. The molecule has 2 rings (SSSR count). The molecule has 0 aromatic carbocycles. The quantitative estimate of drug-likeness (QED) is 0.675. The highest BCUT2D eigenvalue weighted by molar-refractivity contribution is 5.78. The minimum Gasteiger partial charge on any atom is -0.366 e. The van der Waals surface area contributed by atoms with Crippen LogP contribution in [0.15, 0.2) is 0 Å². The molecule has 1 saturated heterocycles. The van der Waals surface area contributed by atoms with Gasteiger partial charge in [0.2, 0.25) is 5.91 Å². The molecule has 4 nitrogen and oxygen atoms in total. The van der Waals surface area contributed by atoms with Crippen LogP contribution in [0.3, 0.4) is 0 Å². The summed E-state index contributed by atoms with van der Waals surface area (Å²) in [5.41, 5.74) is 0. The standard InChI is InChI=1S/C10H18N2O2/c1-2-12(8-3-4-8)10(13)7-14-9-5-11-6-9/h8-9,11H,2-7H2,1H3. The molecule has 0 unspecified atom stereocenters. The van der Waals surface area contributed by atoms with E-state index in [0.29, 0.717) is 6.04 Å². The van der Waals surface area contributed by atoms with Crippen LogP contribution in [-0.4, -0.2) is 49.2 Å². The van der Waals surface area contributed by atoms with Crippen LogP contribution in [0, 0.1) is 0 Å². The van der Waals surface area contributed by atoms with Crippen molar-refractivity contribution < 1.29 is 9.53 Å². The second kappa shape index (κ2) is 4.28. The predicted octanol–water partition coefficient (Wildman–Crippen LogP) is -0.0143. The van der Waals surface area contributed by atoms with Gasteiger partial charge < -0.3 is 15.0 Å². The Labute approximate surface area is 84.6 Å². The second-order valence-corrected chi connectivity index (χ2v) is 4.00. The third kappa shape index (κ3) is 2.25. The van der Waals surface area contributed by atoms with Crippen LogP contribution in [0.25, 0.3) is 0 Å². The zero-order valence-electron chi connectivity index (χ0n) is 8.66. The fourth-order valence-corrected chi connectivity index (χ4v) is 1.68. The van der Waals surface area contributed by atoms with Gasteiger partial charge in [-0.25, -0.2) is 0 Å². The number of rotatable bonds is 5. The Morgan fingerprint density at radius 2 is 2.21 bits per heavy atom. The van der Waals surface area contributed by atoms with E-state index in [1.807, 2.05) is 11.8 Å². The predicted molar refractivity (Wildman–Crippen MR) is 53.0 cm³/mol. The number of ether oxygens (including phenoxy) is 1. The van der Waals surface area contributed by atoms with Gasteiger partial charge in [-0.15, -0.1) is 0 Å². The van der Waals surface area contributed by atoms with Crippen molar-refractivity contribution in [1.29, 1.82) is 0 Å². The van der Waals surface area contributed by atoms with Gasteiger partial charge in [-0.1, -0.05) is 0 Å². The average molecular weight is 198 g/mol. The fraction of sp³-hybridized carbons (Fsp3) is 0.900. The normalized spacial score (nSPS) is 21.8. The van der Waals surface area contributed by atoms with Crippen LogP contribution >= 0.6 is 0 Å². The fourth-order valence-electron chi connectivity index (χ4n) is 1.68. The van der Waals surface area contributed by atoms with Crippen molar-refractivity contribution in [2.24, 2.45) is 0 Å². The first kappa shape index (κ1) is 9.93. The van der Waals surface area contributed by atoms with Crippen molar-refractivity contribution >= 4 is 5.91 Å². The third-order valence-corrected chi connectivity index (χ3v) is 2.84. The van der Waals surface area contributed by atoms with Crippen LogP contribution in [0.2, 0.25) is 0 Å². The molecule has 1 heterocycles. The summed E-state index contributed by atoms with van der Waals surface area (Å²) in [6, 6.07) is 0.510. The topological polar surface area (TPSA) is 41.6 Å². The third-order valence-electron chi connectivity index (χ3n) is 2.84. The minimum absolute atomic E-state index is 0.155. The van der Waals surface area contributed by atoms with Crippen LogP contribution in [-0.2, 0) is 9.53 Å². The molecule has 2 aliphatic rings. The highest BCUT2D eigenvalue weighted by Crippen LogP contribution is 2.26. The van der Waals surface area contributed by atoms with E-state index in [0.717, 1.165) is 19.6 Å². The zero-order valence-corrected chi connectivity index (χ0v) is 8.66. The zero-order chi connectivity index (χ0) is 9.97. The number of likely N-dealkylation sites (N-methyl/N-ethyl adjacent to an activating group) is 1. The van der Waals surface area contributed by atoms with Gasteiger partial charge in [0.25, 0.3) is 0 Å². The molecule has 4 heteroatoms. The smallest absolute Gasteiger partial charge is 0.248 e. The molecule has 1 N–H and O–H groups in total. The number of carbonyl (C=O) groups excluding carboxylic acids is 1. The summed E-state index contributed by atoms with van der Waals surface area (Å²) in [6.07, 6.45) is 2.60. The van der Waals surface area contributed by atoms with Crippen LogP contribution in [0.4, 0.5) is 0 Å². The van der Waals surface area contributed by atoms with E-state index in [2.05, 4.69) is 5.32 Å². The maximum atomic E-state index is 11.7. The van der Waals surface area contributed by atoms with E-state index < -0.39 is 0 Å². The summed E-state index contributed by atoms with van der Waals surface area (Å²) in [7, 11) is 0. The van der Waals surface area contributed by atoms with E-state index in [9.17, 15) is 4.79 Å². The highest BCUT2D eigenvalue weighted by Gasteiger charge is 2.31. The van der Waals surface area contributed by atoms with Gasteiger partial charge in [-0.3, -0.25) is 4.79 Å². The summed E-state index contributed by atoms with van der Waals surface area (Å²) in [5, 5.41) is 3.11. The van der Waals surface area contributed by atoms with Crippen LogP contribution in [0.5, 0.6) is 0 Å². The summed E-state index contributed by atoms with van der Waals surface area (Å²) in [4.78, 5) is 13.6. The van der Waals surface area contributed by atoms with Crippen molar-refractivity contribution in [3.63, 3.8) is 0 Å². The van der Waals surface area contributed by atoms with E-state index >= 15 is 0 Å². The molecule has 1 aliphatic heterocycles. The molecule has 1 amide bonds. The summed E-state index contributed by atoms with van der Waals surface area (Å²) in [6.45, 7) is 4.89. The van der Waals surface area contributed by atoms with E-state index in [4.69, 9.17) is 4.74 Å². The van der Waals surface area contributed by atoms with Gasteiger partial charge >= 0.3 is 0 Å². The summed E-state index contributed by atoms with van der Waals surface area (Å²) < 4.78 is 5.45.